The summed E-state index contributed by atoms with van der Waals surface area (Å²) in [6, 6.07) is 4.66. The number of halogens is 2. The fraction of sp³-hybridized carbons (Fsp3) is 0.579. The zero-order chi connectivity index (χ0) is 18.9. The molecule has 8 heteroatoms. The van der Waals surface area contributed by atoms with Gasteiger partial charge in [-0.15, -0.1) is 12.4 Å². The maximum absolute atomic E-state index is 13.0. The molecule has 27 heavy (non-hydrogen) atoms. The molecule has 2 amide bonds. The SMILES string of the molecule is CC(C)C(NC(=O)c1ccc(F)cc1)C(=O)NCCCN1CCNCC1.Cl. The van der Waals surface area contributed by atoms with Gasteiger partial charge in [-0.1, -0.05) is 13.8 Å². The zero-order valence-corrected chi connectivity index (χ0v) is 16.8. The summed E-state index contributed by atoms with van der Waals surface area (Å²) in [5, 5.41) is 8.98. The lowest BCUT2D eigenvalue weighted by Gasteiger charge is -2.27. The number of nitrogens with one attached hydrogen (secondary N) is 3. The van der Waals surface area contributed by atoms with Gasteiger partial charge in [0.1, 0.15) is 11.9 Å². The van der Waals surface area contributed by atoms with Crippen molar-refractivity contribution in [3.8, 4) is 0 Å². The molecule has 1 aromatic rings. The van der Waals surface area contributed by atoms with Crippen LogP contribution in [0.2, 0.25) is 0 Å². The number of benzene rings is 1. The second-order valence-corrected chi connectivity index (χ2v) is 6.94. The van der Waals surface area contributed by atoms with Gasteiger partial charge in [-0.3, -0.25) is 9.59 Å². The summed E-state index contributed by atoms with van der Waals surface area (Å²) in [6.45, 7) is 9.40. The minimum absolute atomic E-state index is 0. The third-order valence-electron chi connectivity index (χ3n) is 4.50. The molecule has 1 aliphatic rings. The third kappa shape index (κ3) is 7.82. The Labute approximate surface area is 166 Å². The molecule has 1 aromatic carbocycles. The summed E-state index contributed by atoms with van der Waals surface area (Å²) in [5.74, 6) is -1.01. The van der Waals surface area contributed by atoms with Gasteiger partial charge in [0.15, 0.2) is 0 Å². The molecule has 3 N–H and O–H groups in total. The molecule has 1 fully saturated rings. The van der Waals surface area contributed by atoms with E-state index in [9.17, 15) is 14.0 Å². The van der Waals surface area contributed by atoms with Crippen LogP contribution in [0.3, 0.4) is 0 Å². The highest BCUT2D eigenvalue weighted by molar-refractivity contribution is 5.97. The minimum Gasteiger partial charge on any atom is -0.354 e. The molecule has 0 aliphatic carbocycles. The molecule has 0 radical (unpaired) electrons. The van der Waals surface area contributed by atoms with Crippen molar-refractivity contribution >= 4 is 24.2 Å². The van der Waals surface area contributed by atoms with Crippen molar-refractivity contribution in [2.75, 3.05) is 39.3 Å². The quantitative estimate of drug-likeness (QED) is 0.577. The van der Waals surface area contributed by atoms with Gasteiger partial charge < -0.3 is 20.9 Å². The third-order valence-corrected chi connectivity index (χ3v) is 4.50. The molecule has 6 nitrogen and oxygen atoms in total. The average molecular weight is 401 g/mol. The summed E-state index contributed by atoms with van der Waals surface area (Å²) in [7, 11) is 0. The smallest absolute Gasteiger partial charge is 0.251 e. The Morgan fingerprint density at radius 1 is 1.19 bits per heavy atom. The van der Waals surface area contributed by atoms with Gasteiger partial charge in [0.2, 0.25) is 5.91 Å². The fourth-order valence-corrected chi connectivity index (χ4v) is 2.92. The van der Waals surface area contributed by atoms with E-state index in [1.165, 1.54) is 24.3 Å². The van der Waals surface area contributed by atoms with Crippen LogP contribution in [0, 0.1) is 11.7 Å². The molecule has 0 bridgehead atoms. The number of rotatable bonds is 8. The van der Waals surface area contributed by atoms with Gasteiger partial charge in [-0.25, -0.2) is 4.39 Å². The van der Waals surface area contributed by atoms with Crippen LogP contribution in [0.15, 0.2) is 24.3 Å². The first kappa shape index (κ1) is 23.3. The number of nitrogens with zero attached hydrogens (tertiary/aromatic N) is 1. The predicted molar refractivity (Wildman–Crippen MR) is 107 cm³/mol. The zero-order valence-electron chi connectivity index (χ0n) is 16.0. The van der Waals surface area contributed by atoms with Crippen LogP contribution < -0.4 is 16.0 Å². The molecule has 152 valence electrons. The number of carbonyl (C=O) groups excluding carboxylic acids is 2. The van der Waals surface area contributed by atoms with Gasteiger partial charge in [-0.05, 0) is 43.1 Å². The predicted octanol–water partition coefficient (Wildman–Crippen LogP) is 1.41. The van der Waals surface area contributed by atoms with Crippen LogP contribution in [0.4, 0.5) is 4.39 Å². The standard InChI is InChI=1S/C19H29FN4O2.ClH/c1-14(2)17(23-18(25)15-4-6-16(20)7-5-15)19(26)22-8-3-11-24-12-9-21-10-13-24;/h4-7,14,17,21H,3,8-13H2,1-2H3,(H,22,26)(H,23,25);1H. The first-order chi connectivity index (χ1) is 12.5. The first-order valence-corrected chi connectivity index (χ1v) is 9.24. The van der Waals surface area contributed by atoms with Crippen LogP contribution in [-0.4, -0.2) is 62.0 Å². The molecule has 0 spiro atoms. The molecular weight excluding hydrogens is 371 g/mol. The van der Waals surface area contributed by atoms with E-state index >= 15 is 0 Å². The number of amides is 2. The monoisotopic (exact) mass is 400 g/mol. The Bertz CT molecular complexity index is 592. The maximum Gasteiger partial charge on any atom is 0.251 e. The van der Waals surface area contributed by atoms with Crippen LogP contribution in [0.5, 0.6) is 0 Å². The van der Waals surface area contributed by atoms with Crippen LogP contribution in [0.25, 0.3) is 0 Å². The molecule has 0 saturated carbocycles. The first-order valence-electron chi connectivity index (χ1n) is 9.24. The van der Waals surface area contributed by atoms with E-state index in [2.05, 4.69) is 20.9 Å². The topological polar surface area (TPSA) is 73.5 Å². The average Bonchev–Trinajstić information content (AvgIpc) is 2.64. The number of carbonyl (C=O) groups is 2. The van der Waals surface area contributed by atoms with E-state index in [1.54, 1.807) is 0 Å². The summed E-state index contributed by atoms with van der Waals surface area (Å²) in [6.07, 6.45) is 0.877. The Hall–Kier alpha value is -1.70. The normalized spacial score (nSPS) is 15.7. The van der Waals surface area contributed by atoms with E-state index in [0.29, 0.717) is 12.1 Å². The molecule has 1 aliphatic heterocycles. The maximum atomic E-state index is 13.0. The molecule has 1 atom stereocenters. The fourth-order valence-electron chi connectivity index (χ4n) is 2.92. The van der Waals surface area contributed by atoms with E-state index < -0.39 is 11.9 Å². The van der Waals surface area contributed by atoms with Crippen molar-refractivity contribution < 1.29 is 14.0 Å². The summed E-state index contributed by atoms with van der Waals surface area (Å²) in [4.78, 5) is 27.1. The molecule has 0 aromatic heterocycles. The largest absolute Gasteiger partial charge is 0.354 e. The molecule has 1 saturated heterocycles. The van der Waals surface area contributed by atoms with Crippen molar-refractivity contribution in [1.82, 2.24) is 20.9 Å². The van der Waals surface area contributed by atoms with Gasteiger partial charge >= 0.3 is 0 Å². The number of hydrogen-bond acceptors (Lipinski definition) is 4. The number of hydrogen-bond donors (Lipinski definition) is 3. The Morgan fingerprint density at radius 2 is 1.81 bits per heavy atom. The van der Waals surface area contributed by atoms with Crippen molar-refractivity contribution in [3.05, 3.63) is 35.6 Å². The van der Waals surface area contributed by atoms with Crippen molar-refractivity contribution in [2.24, 2.45) is 5.92 Å². The van der Waals surface area contributed by atoms with E-state index in [-0.39, 0.29) is 30.1 Å². The lowest BCUT2D eigenvalue weighted by molar-refractivity contribution is -0.123. The minimum atomic E-state index is -0.619. The van der Waals surface area contributed by atoms with E-state index in [0.717, 1.165) is 39.1 Å². The highest BCUT2D eigenvalue weighted by atomic mass is 35.5. The lowest BCUT2D eigenvalue weighted by atomic mass is 10.0. The highest BCUT2D eigenvalue weighted by Gasteiger charge is 2.24. The second kappa shape index (κ2) is 11.9. The number of piperazine rings is 1. The molecule has 1 unspecified atom stereocenters. The van der Waals surface area contributed by atoms with Crippen molar-refractivity contribution in [3.63, 3.8) is 0 Å². The molecule has 2 rings (SSSR count). The summed E-state index contributed by atoms with van der Waals surface area (Å²) < 4.78 is 13.0. The lowest BCUT2D eigenvalue weighted by Crippen LogP contribution is -2.50. The highest BCUT2D eigenvalue weighted by Crippen LogP contribution is 2.07. The summed E-state index contributed by atoms with van der Waals surface area (Å²) in [5.41, 5.74) is 0.337. The Balaban J connectivity index is 0.00000364. The summed E-state index contributed by atoms with van der Waals surface area (Å²) >= 11 is 0. The van der Waals surface area contributed by atoms with Crippen molar-refractivity contribution in [1.29, 1.82) is 0 Å². The van der Waals surface area contributed by atoms with Crippen LogP contribution >= 0.6 is 12.4 Å². The van der Waals surface area contributed by atoms with Crippen molar-refractivity contribution in [2.45, 2.75) is 26.3 Å². The van der Waals surface area contributed by atoms with Gasteiger partial charge in [0.25, 0.3) is 5.91 Å². The second-order valence-electron chi connectivity index (χ2n) is 6.94. The van der Waals surface area contributed by atoms with E-state index in [1.807, 2.05) is 13.8 Å². The van der Waals surface area contributed by atoms with E-state index in [4.69, 9.17) is 0 Å². The van der Waals surface area contributed by atoms with Crippen LogP contribution in [0.1, 0.15) is 30.6 Å². The van der Waals surface area contributed by atoms with Gasteiger partial charge in [0, 0.05) is 38.3 Å². The molecule has 1 heterocycles. The Kier molecular flexibility index (Phi) is 10.3. The van der Waals surface area contributed by atoms with Crippen LogP contribution in [-0.2, 0) is 4.79 Å². The molecular formula is C19H30ClFN4O2. The van der Waals surface area contributed by atoms with Gasteiger partial charge in [0.05, 0.1) is 0 Å². The Morgan fingerprint density at radius 3 is 2.41 bits per heavy atom. The van der Waals surface area contributed by atoms with Gasteiger partial charge in [-0.2, -0.15) is 0 Å².